The molecule has 0 spiro atoms. The molecule has 0 aromatic carbocycles. The minimum Gasteiger partial charge on any atom is -0.368 e. The second-order valence-corrected chi connectivity index (χ2v) is 6.04. The van der Waals surface area contributed by atoms with Crippen molar-refractivity contribution in [1.29, 1.82) is 0 Å². The van der Waals surface area contributed by atoms with Crippen LogP contribution in [0, 0.1) is 5.82 Å². The Morgan fingerprint density at radius 3 is 3.00 bits per heavy atom. The Balaban J connectivity index is 2.21. The number of primary amides is 1. The van der Waals surface area contributed by atoms with E-state index in [1.165, 1.54) is 18.0 Å². The van der Waals surface area contributed by atoms with E-state index in [-0.39, 0.29) is 10.7 Å². The Labute approximate surface area is 135 Å². The number of carbonyl (C=O) groups is 1. The molecule has 1 fully saturated rings. The quantitative estimate of drug-likeness (QED) is 0.522. The molecule has 116 valence electrons. The maximum atomic E-state index is 14.2. The van der Waals surface area contributed by atoms with Crippen LogP contribution in [0.1, 0.15) is 12.8 Å². The van der Waals surface area contributed by atoms with Crippen molar-refractivity contribution in [2.75, 3.05) is 17.7 Å². The zero-order chi connectivity index (χ0) is 15.9. The predicted molar refractivity (Wildman–Crippen MR) is 83.6 cm³/mol. The number of thioether (sulfide) groups is 1. The van der Waals surface area contributed by atoms with Gasteiger partial charge in [0.2, 0.25) is 5.91 Å². The Hall–Kier alpha value is -1.67. The van der Waals surface area contributed by atoms with Gasteiger partial charge in [0.05, 0.1) is 5.39 Å². The van der Waals surface area contributed by atoms with Gasteiger partial charge in [-0.15, -0.1) is 0 Å². The summed E-state index contributed by atoms with van der Waals surface area (Å²) in [5.41, 5.74) is 5.53. The molecule has 9 heteroatoms. The molecule has 3 heterocycles. The minimum absolute atomic E-state index is 0.101. The highest BCUT2D eigenvalue weighted by Gasteiger charge is 2.32. The van der Waals surface area contributed by atoms with Crippen molar-refractivity contribution in [3.05, 3.63) is 17.2 Å². The summed E-state index contributed by atoms with van der Waals surface area (Å²) in [4.78, 5) is 25.7. The van der Waals surface area contributed by atoms with Gasteiger partial charge >= 0.3 is 0 Å². The van der Waals surface area contributed by atoms with E-state index in [2.05, 4.69) is 15.0 Å². The number of amides is 1. The lowest BCUT2D eigenvalue weighted by Gasteiger charge is -2.24. The summed E-state index contributed by atoms with van der Waals surface area (Å²) in [6.45, 7) is 0.599. The van der Waals surface area contributed by atoms with Crippen molar-refractivity contribution in [2.24, 2.45) is 5.73 Å². The number of aromatic nitrogens is 3. The molecule has 0 unspecified atom stereocenters. The standard InChI is InChI=1S/C13H13ClFN5OS/c1-22-13-17-5-6-9(18-13)8(15)10(14)19-12(6)20-4-2-3-7(20)11(16)21/h5,7H,2-4H2,1H3,(H2,16,21)/t7-/m1/s1. The van der Waals surface area contributed by atoms with Crippen LogP contribution in [0.3, 0.4) is 0 Å². The van der Waals surface area contributed by atoms with Crippen LogP contribution >= 0.6 is 23.4 Å². The number of anilines is 1. The van der Waals surface area contributed by atoms with E-state index in [9.17, 15) is 9.18 Å². The van der Waals surface area contributed by atoms with E-state index in [0.29, 0.717) is 29.3 Å². The van der Waals surface area contributed by atoms with Crippen molar-refractivity contribution in [1.82, 2.24) is 15.0 Å². The third-order valence-electron chi connectivity index (χ3n) is 3.64. The Kier molecular flexibility index (Phi) is 4.05. The summed E-state index contributed by atoms with van der Waals surface area (Å²) in [5, 5.41) is 0.587. The number of fused-ring (bicyclic) bond motifs is 1. The SMILES string of the molecule is CSc1ncc2c(N3CCC[C@@H]3C(N)=O)nc(Cl)c(F)c2n1. The normalized spacial score (nSPS) is 18.1. The van der Waals surface area contributed by atoms with Gasteiger partial charge in [-0.25, -0.2) is 19.3 Å². The molecule has 0 bridgehead atoms. The van der Waals surface area contributed by atoms with Gasteiger partial charge in [-0.05, 0) is 19.1 Å². The third kappa shape index (κ3) is 2.46. The largest absolute Gasteiger partial charge is 0.368 e. The molecule has 0 saturated carbocycles. The Morgan fingerprint density at radius 1 is 1.55 bits per heavy atom. The fourth-order valence-corrected chi connectivity index (χ4v) is 3.14. The van der Waals surface area contributed by atoms with Crippen molar-refractivity contribution < 1.29 is 9.18 Å². The first-order valence-corrected chi connectivity index (χ1v) is 8.25. The fraction of sp³-hybridized carbons (Fsp3) is 0.385. The highest BCUT2D eigenvalue weighted by Crippen LogP contribution is 2.33. The minimum atomic E-state index is -0.687. The summed E-state index contributed by atoms with van der Waals surface area (Å²) in [5.74, 6) is -0.724. The molecule has 1 saturated heterocycles. The van der Waals surface area contributed by atoms with Crippen molar-refractivity contribution >= 4 is 46.0 Å². The molecular formula is C13H13ClFN5OS. The first-order chi connectivity index (χ1) is 10.5. The van der Waals surface area contributed by atoms with Gasteiger partial charge in [0.25, 0.3) is 0 Å². The molecule has 0 radical (unpaired) electrons. The molecule has 1 amide bonds. The number of pyridine rings is 1. The van der Waals surface area contributed by atoms with Gasteiger partial charge in [0, 0.05) is 12.7 Å². The summed E-state index contributed by atoms with van der Waals surface area (Å²) >= 11 is 7.20. The zero-order valence-corrected chi connectivity index (χ0v) is 13.3. The van der Waals surface area contributed by atoms with E-state index in [1.54, 1.807) is 11.2 Å². The second kappa shape index (κ2) is 5.85. The molecule has 22 heavy (non-hydrogen) atoms. The lowest BCUT2D eigenvalue weighted by molar-refractivity contribution is -0.119. The number of hydrogen-bond acceptors (Lipinski definition) is 6. The third-order valence-corrected chi connectivity index (χ3v) is 4.45. The number of carbonyl (C=O) groups excluding carboxylic acids is 1. The zero-order valence-electron chi connectivity index (χ0n) is 11.7. The summed E-state index contributed by atoms with van der Waals surface area (Å²) in [6, 6.07) is -0.475. The number of halogens is 2. The van der Waals surface area contributed by atoms with Gasteiger partial charge in [0.1, 0.15) is 17.4 Å². The van der Waals surface area contributed by atoms with Crippen LogP contribution in [0.2, 0.25) is 5.15 Å². The maximum Gasteiger partial charge on any atom is 0.240 e. The molecule has 1 aliphatic heterocycles. The van der Waals surface area contributed by atoms with Crippen molar-refractivity contribution in [3.63, 3.8) is 0 Å². The Bertz CT molecular complexity index is 759. The molecule has 2 aromatic heterocycles. The fourth-order valence-electron chi connectivity index (χ4n) is 2.63. The predicted octanol–water partition coefficient (Wildman–Crippen LogP) is 1.99. The smallest absolute Gasteiger partial charge is 0.240 e. The molecule has 2 N–H and O–H groups in total. The van der Waals surface area contributed by atoms with E-state index in [4.69, 9.17) is 17.3 Å². The molecule has 1 atom stereocenters. The summed E-state index contributed by atoms with van der Waals surface area (Å²) in [7, 11) is 0. The topological polar surface area (TPSA) is 85.0 Å². The summed E-state index contributed by atoms with van der Waals surface area (Å²) < 4.78 is 14.2. The van der Waals surface area contributed by atoms with Crippen molar-refractivity contribution in [3.8, 4) is 0 Å². The van der Waals surface area contributed by atoms with Crippen molar-refractivity contribution in [2.45, 2.75) is 24.0 Å². The number of nitrogens with two attached hydrogens (primary N) is 1. The number of nitrogens with zero attached hydrogens (tertiary/aromatic N) is 4. The van der Waals surface area contributed by atoms with Gasteiger partial charge in [-0.2, -0.15) is 0 Å². The van der Waals surface area contributed by atoms with E-state index in [0.717, 1.165) is 6.42 Å². The Morgan fingerprint density at radius 2 is 2.32 bits per heavy atom. The van der Waals surface area contributed by atoms with Gasteiger partial charge in [0.15, 0.2) is 16.1 Å². The number of hydrogen-bond donors (Lipinski definition) is 1. The molecule has 1 aliphatic rings. The molecule has 6 nitrogen and oxygen atoms in total. The average Bonchev–Trinajstić information content (AvgIpc) is 3.00. The number of rotatable bonds is 3. The highest BCUT2D eigenvalue weighted by molar-refractivity contribution is 7.98. The lowest BCUT2D eigenvalue weighted by atomic mass is 10.2. The van der Waals surface area contributed by atoms with Gasteiger partial charge < -0.3 is 10.6 Å². The monoisotopic (exact) mass is 341 g/mol. The lowest BCUT2D eigenvalue weighted by Crippen LogP contribution is -2.40. The maximum absolute atomic E-state index is 14.2. The van der Waals surface area contributed by atoms with Crippen LogP contribution in [0.5, 0.6) is 0 Å². The van der Waals surface area contributed by atoms with E-state index >= 15 is 0 Å². The first-order valence-electron chi connectivity index (χ1n) is 6.64. The average molecular weight is 342 g/mol. The summed E-state index contributed by atoms with van der Waals surface area (Å²) in [6.07, 6.45) is 4.74. The van der Waals surface area contributed by atoms with E-state index in [1.807, 2.05) is 0 Å². The van der Waals surface area contributed by atoms with Crippen LogP contribution in [-0.4, -0.2) is 39.7 Å². The molecule has 2 aromatic rings. The molecule has 0 aliphatic carbocycles. The first kappa shape index (κ1) is 15.2. The molecular weight excluding hydrogens is 329 g/mol. The molecule has 3 rings (SSSR count). The van der Waals surface area contributed by atoms with Gasteiger partial charge in [-0.1, -0.05) is 23.4 Å². The van der Waals surface area contributed by atoms with Crippen LogP contribution < -0.4 is 10.6 Å². The van der Waals surface area contributed by atoms with Crippen LogP contribution in [0.15, 0.2) is 11.4 Å². The highest BCUT2D eigenvalue weighted by atomic mass is 35.5. The van der Waals surface area contributed by atoms with Crippen LogP contribution in [0.25, 0.3) is 10.9 Å². The van der Waals surface area contributed by atoms with Crippen LogP contribution in [0.4, 0.5) is 10.2 Å². The van der Waals surface area contributed by atoms with Gasteiger partial charge in [-0.3, -0.25) is 4.79 Å². The second-order valence-electron chi connectivity index (χ2n) is 4.91. The van der Waals surface area contributed by atoms with E-state index < -0.39 is 17.8 Å². The van der Waals surface area contributed by atoms with Crippen LogP contribution in [-0.2, 0) is 4.79 Å².